The summed E-state index contributed by atoms with van der Waals surface area (Å²) in [6, 6.07) is 8.69. The van der Waals surface area contributed by atoms with Crippen molar-refractivity contribution >= 4 is 17.7 Å². The van der Waals surface area contributed by atoms with Crippen molar-refractivity contribution in [2.75, 3.05) is 31.6 Å². The van der Waals surface area contributed by atoms with Crippen LogP contribution in [0.1, 0.15) is 45.6 Å². The molecule has 1 aromatic carbocycles. The number of carboxylic acids is 1. The Morgan fingerprint density at radius 1 is 1.19 bits per heavy atom. The van der Waals surface area contributed by atoms with Gasteiger partial charge in [-0.2, -0.15) is 0 Å². The minimum absolute atomic E-state index is 0.0348. The van der Waals surface area contributed by atoms with Gasteiger partial charge in [0.1, 0.15) is 0 Å². The van der Waals surface area contributed by atoms with E-state index in [1.807, 2.05) is 0 Å². The maximum atomic E-state index is 12.1. The molecule has 1 aromatic rings. The number of urea groups is 1. The number of piperidine rings is 1. The lowest BCUT2D eigenvalue weighted by molar-refractivity contribution is -0.137. The van der Waals surface area contributed by atoms with E-state index in [1.165, 1.54) is 16.2 Å². The van der Waals surface area contributed by atoms with E-state index in [0.717, 1.165) is 25.9 Å². The quantitative estimate of drug-likeness (QED) is 0.845. The highest BCUT2D eigenvalue weighted by molar-refractivity contribution is 5.75. The Hall–Kier alpha value is -2.24. The van der Waals surface area contributed by atoms with E-state index in [9.17, 15) is 9.59 Å². The van der Waals surface area contributed by atoms with Crippen molar-refractivity contribution in [3.63, 3.8) is 0 Å². The number of benzene rings is 1. The molecular formula is C20H31N3O3. The van der Waals surface area contributed by atoms with Crippen LogP contribution in [0.5, 0.6) is 0 Å². The van der Waals surface area contributed by atoms with Crippen LogP contribution in [0.4, 0.5) is 10.5 Å². The average Bonchev–Trinajstić information content (AvgIpc) is 2.59. The van der Waals surface area contributed by atoms with Crippen LogP contribution in [0.3, 0.4) is 0 Å². The number of hydrogen-bond acceptors (Lipinski definition) is 3. The zero-order valence-corrected chi connectivity index (χ0v) is 16.3. The van der Waals surface area contributed by atoms with Crippen LogP contribution >= 0.6 is 0 Å². The summed E-state index contributed by atoms with van der Waals surface area (Å²) in [6.45, 7) is 8.66. The molecule has 0 unspecified atom stereocenters. The molecule has 2 amide bonds. The fraction of sp³-hybridized carbons (Fsp3) is 0.600. The van der Waals surface area contributed by atoms with E-state index in [2.05, 4.69) is 55.3 Å². The first-order valence-corrected chi connectivity index (χ1v) is 9.26. The first kappa shape index (κ1) is 20.1. The monoisotopic (exact) mass is 361 g/mol. The number of rotatable bonds is 5. The molecule has 1 heterocycles. The molecule has 2 N–H and O–H groups in total. The zero-order chi connectivity index (χ0) is 19.3. The molecule has 0 radical (unpaired) electrons. The molecule has 0 atom stereocenters. The number of nitrogens with one attached hydrogen (secondary N) is 1. The van der Waals surface area contributed by atoms with Gasteiger partial charge in [-0.1, -0.05) is 32.9 Å². The Morgan fingerprint density at radius 2 is 1.77 bits per heavy atom. The highest BCUT2D eigenvalue weighted by Gasteiger charge is 2.22. The predicted octanol–water partition coefficient (Wildman–Crippen LogP) is 3.07. The van der Waals surface area contributed by atoms with Crippen molar-refractivity contribution in [1.29, 1.82) is 0 Å². The van der Waals surface area contributed by atoms with Gasteiger partial charge in [0.25, 0.3) is 0 Å². The largest absolute Gasteiger partial charge is 0.481 e. The van der Waals surface area contributed by atoms with Crippen LogP contribution in [0.15, 0.2) is 24.3 Å². The lowest BCUT2D eigenvalue weighted by Gasteiger charge is -2.35. The third-order valence-corrected chi connectivity index (χ3v) is 4.93. The van der Waals surface area contributed by atoms with E-state index in [-0.39, 0.29) is 30.5 Å². The summed E-state index contributed by atoms with van der Waals surface area (Å²) < 4.78 is 0. The SMILES string of the molecule is CN(CCC(=O)O)C(=O)NC1CCN(c2ccc(C(C)(C)C)cc2)CC1. The highest BCUT2D eigenvalue weighted by Crippen LogP contribution is 2.26. The number of hydrogen-bond donors (Lipinski definition) is 2. The Kier molecular flexibility index (Phi) is 6.51. The Bertz CT molecular complexity index is 614. The lowest BCUT2D eigenvalue weighted by Crippen LogP contribution is -2.48. The first-order valence-electron chi connectivity index (χ1n) is 9.26. The number of amides is 2. The van der Waals surface area contributed by atoms with Crippen LogP contribution in [0, 0.1) is 0 Å². The highest BCUT2D eigenvalue weighted by atomic mass is 16.4. The van der Waals surface area contributed by atoms with Crippen molar-refractivity contribution in [2.24, 2.45) is 0 Å². The van der Waals surface area contributed by atoms with Crippen LogP contribution in [0.2, 0.25) is 0 Å². The van der Waals surface area contributed by atoms with Gasteiger partial charge in [-0.3, -0.25) is 4.79 Å². The van der Waals surface area contributed by atoms with Gasteiger partial charge in [-0.05, 0) is 36.0 Å². The second-order valence-corrected chi connectivity index (χ2v) is 8.07. The van der Waals surface area contributed by atoms with Gasteiger partial charge in [-0.15, -0.1) is 0 Å². The number of carbonyl (C=O) groups excluding carboxylic acids is 1. The van der Waals surface area contributed by atoms with Crippen LogP contribution in [-0.4, -0.2) is 54.7 Å². The summed E-state index contributed by atoms with van der Waals surface area (Å²) in [5.74, 6) is -0.893. The minimum Gasteiger partial charge on any atom is -0.481 e. The molecule has 0 spiro atoms. The van der Waals surface area contributed by atoms with E-state index in [1.54, 1.807) is 7.05 Å². The Morgan fingerprint density at radius 3 is 2.27 bits per heavy atom. The summed E-state index contributed by atoms with van der Waals surface area (Å²) in [5.41, 5.74) is 2.71. The van der Waals surface area contributed by atoms with Crippen LogP contribution in [-0.2, 0) is 10.2 Å². The molecule has 26 heavy (non-hydrogen) atoms. The Labute approximate surface area is 156 Å². The van der Waals surface area contributed by atoms with Gasteiger partial charge in [0, 0.05) is 38.4 Å². The van der Waals surface area contributed by atoms with E-state index >= 15 is 0 Å². The maximum absolute atomic E-state index is 12.1. The average molecular weight is 361 g/mol. The van der Waals surface area contributed by atoms with Crippen molar-refractivity contribution in [3.05, 3.63) is 29.8 Å². The number of aliphatic carboxylic acids is 1. The number of anilines is 1. The van der Waals surface area contributed by atoms with Crippen molar-refractivity contribution < 1.29 is 14.7 Å². The minimum atomic E-state index is -0.893. The molecule has 1 aliphatic rings. The van der Waals surface area contributed by atoms with Gasteiger partial charge in [-0.25, -0.2) is 4.79 Å². The molecule has 144 valence electrons. The van der Waals surface area contributed by atoms with E-state index < -0.39 is 5.97 Å². The third kappa shape index (κ3) is 5.64. The Balaban J connectivity index is 1.81. The number of carboxylic acid groups (broad SMARTS) is 1. The fourth-order valence-electron chi connectivity index (χ4n) is 3.10. The lowest BCUT2D eigenvalue weighted by atomic mass is 9.87. The van der Waals surface area contributed by atoms with Gasteiger partial charge < -0.3 is 20.2 Å². The van der Waals surface area contributed by atoms with Gasteiger partial charge in [0.2, 0.25) is 0 Å². The van der Waals surface area contributed by atoms with Crippen molar-refractivity contribution in [3.8, 4) is 0 Å². The van der Waals surface area contributed by atoms with Gasteiger partial charge >= 0.3 is 12.0 Å². The topological polar surface area (TPSA) is 72.9 Å². The predicted molar refractivity (Wildman–Crippen MR) is 104 cm³/mol. The van der Waals surface area contributed by atoms with Gasteiger partial charge in [0.05, 0.1) is 6.42 Å². The van der Waals surface area contributed by atoms with Crippen LogP contribution < -0.4 is 10.2 Å². The smallest absolute Gasteiger partial charge is 0.317 e. The van der Waals surface area contributed by atoms with Gasteiger partial charge in [0.15, 0.2) is 0 Å². The zero-order valence-electron chi connectivity index (χ0n) is 16.3. The van der Waals surface area contributed by atoms with Crippen molar-refractivity contribution in [1.82, 2.24) is 10.2 Å². The molecular weight excluding hydrogens is 330 g/mol. The number of carbonyl (C=O) groups is 2. The van der Waals surface area contributed by atoms with Crippen molar-refractivity contribution in [2.45, 2.75) is 51.5 Å². The molecule has 1 saturated heterocycles. The molecule has 2 rings (SSSR count). The van der Waals surface area contributed by atoms with E-state index in [4.69, 9.17) is 5.11 Å². The molecule has 0 aliphatic carbocycles. The molecule has 0 aromatic heterocycles. The molecule has 1 fully saturated rings. The summed E-state index contributed by atoms with van der Waals surface area (Å²) in [4.78, 5) is 26.5. The third-order valence-electron chi connectivity index (χ3n) is 4.93. The molecule has 6 nitrogen and oxygen atoms in total. The normalized spacial score (nSPS) is 15.6. The standard InChI is InChI=1S/C20H31N3O3/c1-20(2,3)15-5-7-17(8-6-15)23-13-9-16(10-14-23)21-19(26)22(4)12-11-18(24)25/h5-8,16H,9-14H2,1-4H3,(H,21,26)(H,24,25). The molecule has 6 heteroatoms. The molecule has 0 bridgehead atoms. The first-order chi connectivity index (χ1) is 12.2. The summed E-state index contributed by atoms with van der Waals surface area (Å²) in [5, 5.41) is 11.7. The summed E-state index contributed by atoms with van der Waals surface area (Å²) in [6.07, 6.45) is 1.74. The van der Waals surface area contributed by atoms with E-state index in [0.29, 0.717) is 0 Å². The maximum Gasteiger partial charge on any atom is 0.317 e. The van der Waals surface area contributed by atoms with Crippen LogP contribution in [0.25, 0.3) is 0 Å². The summed E-state index contributed by atoms with van der Waals surface area (Å²) >= 11 is 0. The number of nitrogens with zero attached hydrogens (tertiary/aromatic N) is 2. The second-order valence-electron chi connectivity index (χ2n) is 8.07. The fourth-order valence-corrected chi connectivity index (χ4v) is 3.10. The molecule has 1 aliphatic heterocycles. The second kappa shape index (κ2) is 8.43. The summed E-state index contributed by atoms with van der Waals surface area (Å²) in [7, 11) is 1.63. The molecule has 0 saturated carbocycles.